The lowest BCUT2D eigenvalue weighted by Gasteiger charge is -2.37. The molecule has 0 spiro atoms. The zero-order valence-corrected chi connectivity index (χ0v) is 16.8. The topological polar surface area (TPSA) is 36.9 Å². The molecule has 2 aliphatic rings. The molecule has 2 atom stereocenters. The van der Waals surface area contributed by atoms with Crippen molar-refractivity contribution in [1.82, 2.24) is 10.2 Å². The molecule has 0 amide bonds. The van der Waals surface area contributed by atoms with Gasteiger partial charge in [-0.15, -0.1) is 0 Å². The Hall–Kier alpha value is -1.33. The largest absolute Gasteiger partial charge is 0.372 e. The van der Waals surface area contributed by atoms with Gasteiger partial charge in [0.1, 0.15) is 5.82 Å². The summed E-state index contributed by atoms with van der Waals surface area (Å²) in [5.41, 5.74) is 0.520. The average molecular weight is 382 g/mol. The normalized spacial score (nSPS) is 24.7. The van der Waals surface area contributed by atoms with Gasteiger partial charge in [-0.05, 0) is 52.2 Å². The van der Waals surface area contributed by atoms with Crippen molar-refractivity contribution in [3.63, 3.8) is 0 Å². The van der Waals surface area contributed by atoms with Gasteiger partial charge in [-0.2, -0.15) is 0 Å². The van der Waals surface area contributed by atoms with Crippen LogP contribution in [0.5, 0.6) is 0 Å². The summed E-state index contributed by atoms with van der Waals surface area (Å²) < 4.78 is 20.2. The Morgan fingerprint density at radius 3 is 2.58 bits per heavy atom. The van der Waals surface area contributed by atoms with Gasteiger partial charge in [0, 0.05) is 42.7 Å². The lowest BCUT2D eigenvalue weighted by atomic mass is 10.1. The third-order valence-electron chi connectivity index (χ3n) is 4.95. The minimum atomic E-state index is -0.220. The molecule has 0 radical (unpaired) electrons. The van der Waals surface area contributed by atoms with E-state index in [2.05, 4.69) is 36.0 Å². The van der Waals surface area contributed by atoms with Crippen LogP contribution in [0, 0.1) is 5.82 Å². The standard InChI is InChI=1S/C20H29ClFN3O/c1-20(2,3)26-13-8-10-25(11-9-13)19(23-4)24-17-12-14(17)18-15(21)6-5-7-16(18)22/h5-7,13-14,17H,8-12H2,1-4H3,(H,23,24). The predicted molar refractivity (Wildman–Crippen MR) is 104 cm³/mol. The van der Waals surface area contributed by atoms with E-state index < -0.39 is 0 Å². The molecule has 1 aliphatic heterocycles. The molecule has 144 valence electrons. The summed E-state index contributed by atoms with van der Waals surface area (Å²) in [6, 6.07) is 5.07. The fourth-order valence-corrected chi connectivity index (χ4v) is 3.99. The van der Waals surface area contributed by atoms with E-state index >= 15 is 0 Å². The highest BCUT2D eigenvalue weighted by atomic mass is 35.5. The molecule has 1 saturated carbocycles. The van der Waals surface area contributed by atoms with Crippen LogP contribution in [0.1, 0.15) is 51.5 Å². The second-order valence-electron chi connectivity index (χ2n) is 8.19. The molecular formula is C20H29ClFN3O. The molecule has 0 bridgehead atoms. The van der Waals surface area contributed by atoms with Crippen LogP contribution in [0.4, 0.5) is 4.39 Å². The van der Waals surface area contributed by atoms with Crippen LogP contribution in [0.3, 0.4) is 0 Å². The molecule has 1 aromatic carbocycles. The summed E-state index contributed by atoms with van der Waals surface area (Å²) >= 11 is 6.20. The number of nitrogens with zero attached hydrogens (tertiary/aromatic N) is 2. The molecule has 1 heterocycles. The highest BCUT2D eigenvalue weighted by molar-refractivity contribution is 6.31. The SMILES string of the molecule is CN=C(NC1CC1c1c(F)cccc1Cl)N1CCC(OC(C)(C)C)CC1. The third-order valence-corrected chi connectivity index (χ3v) is 5.28. The van der Waals surface area contributed by atoms with Gasteiger partial charge < -0.3 is 15.0 Å². The monoisotopic (exact) mass is 381 g/mol. The van der Waals surface area contributed by atoms with Crippen LogP contribution in [0.2, 0.25) is 5.02 Å². The molecule has 2 unspecified atom stereocenters. The van der Waals surface area contributed by atoms with Gasteiger partial charge in [0.05, 0.1) is 11.7 Å². The van der Waals surface area contributed by atoms with Crippen molar-refractivity contribution in [2.24, 2.45) is 4.99 Å². The first-order valence-corrected chi connectivity index (χ1v) is 9.76. The van der Waals surface area contributed by atoms with Crippen molar-refractivity contribution in [3.8, 4) is 0 Å². The van der Waals surface area contributed by atoms with Crippen LogP contribution in [0.25, 0.3) is 0 Å². The first kappa shape index (κ1) is 19.4. The van der Waals surface area contributed by atoms with Crippen LogP contribution in [-0.2, 0) is 4.74 Å². The molecule has 1 aromatic rings. The van der Waals surface area contributed by atoms with Crippen molar-refractivity contribution in [2.45, 2.75) is 63.7 Å². The van der Waals surface area contributed by atoms with Gasteiger partial charge in [0.25, 0.3) is 0 Å². The molecule has 6 heteroatoms. The fraction of sp³-hybridized carbons (Fsp3) is 0.650. The molecular weight excluding hydrogens is 353 g/mol. The zero-order chi connectivity index (χ0) is 18.9. The Bertz CT molecular complexity index is 645. The number of hydrogen-bond donors (Lipinski definition) is 1. The molecule has 1 aliphatic carbocycles. The number of likely N-dealkylation sites (tertiary alicyclic amines) is 1. The quantitative estimate of drug-likeness (QED) is 0.630. The summed E-state index contributed by atoms with van der Waals surface area (Å²) in [5.74, 6) is 0.781. The Morgan fingerprint density at radius 1 is 1.31 bits per heavy atom. The maximum Gasteiger partial charge on any atom is 0.193 e. The van der Waals surface area contributed by atoms with Crippen molar-refractivity contribution in [2.75, 3.05) is 20.1 Å². The zero-order valence-electron chi connectivity index (χ0n) is 16.1. The number of aliphatic imine (C=N–C) groups is 1. The summed E-state index contributed by atoms with van der Waals surface area (Å²) in [6.07, 6.45) is 3.16. The molecule has 0 aromatic heterocycles. The third kappa shape index (κ3) is 4.68. The summed E-state index contributed by atoms with van der Waals surface area (Å²) in [7, 11) is 1.80. The molecule has 1 saturated heterocycles. The van der Waals surface area contributed by atoms with E-state index in [0.29, 0.717) is 16.7 Å². The lowest BCUT2D eigenvalue weighted by Crippen LogP contribution is -2.48. The predicted octanol–water partition coefficient (Wildman–Crippen LogP) is 4.19. The fourth-order valence-electron chi connectivity index (χ4n) is 3.69. The minimum absolute atomic E-state index is 0.104. The maximum atomic E-state index is 14.1. The summed E-state index contributed by atoms with van der Waals surface area (Å²) in [5, 5.41) is 3.99. The molecule has 26 heavy (non-hydrogen) atoms. The molecule has 2 fully saturated rings. The van der Waals surface area contributed by atoms with Crippen molar-refractivity contribution in [3.05, 3.63) is 34.6 Å². The lowest BCUT2D eigenvalue weighted by molar-refractivity contribution is -0.0772. The number of hydrogen-bond acceptors (Lipinski definition) is 2. The van der Waals surface area contributed by atoms with E-state index in [0.717, 1.165) is 38.3 Å². The van der Waals surface area contributed by atoms with E-state index in [1.54, 1.807) is 19.2 Å². The highest BCUT2D eigenvalue weighted by Gasteiger charge is 2.42. The Kier molecular flexibility index (Phi) is 5.78. The van der Waals surface area contributed by atoms with Gasteiger partial charge in [0.2, 0.25) is 0 Å². The minimum Gasteiger partial charge on any atom is -0.372 e. The Morgan fingerprint density at radius 2 is 2.00 bits per heavy atom. The second kappa shape index (κ2) is 7.73. The number of piperidine rings is 1. The summed E-state index contributed by atoms with van der Waals surface area (Å²) in [6.45, 7) is 8.12. The van der Waals surface area contributed by atoms with E-state index in [1.807, 2.05) is 0 Å². The number of rotatable bonds is 3. The van der Waals surface area contributed by atoms with Crippen molar-refractivity contribution >= 4 is 17.6 Å². The van der Waals surface area contributed by atoms with Gasteiger partial charge in [0.15, 0.2) is 5.96 Å². The van der Waals surface area contributed by atoms with E-state index in [1.165, 1.54) is 6.07 Å². The Balaban J connectivity index is 1.54. The summed E-state index contributed by atoms with van der Waals surface area (Å²) in [4.78, 5) is 6.69. The Labute approximate surface area is 160 Å². The van der Waals surface area contributed by atoms with E-state index in [-0.39, 0.29) is 23.4 Å². The first-order chi connectivity index (χ1) is 12.3. The van der Waals surface area contributed by atoms with Gasteiger partial charge >= 0.3 is 0 Å². The number of halogens is 2. The van der Waals surface area contributed by atoms with E-state index in [4.69, 9.17) is 16.3 Å². The van der Waals surface area contributed by atoms with Crippen molar-refractivity contribution in [1.29, 1.82) is 0 Å². The molecule has 1 N–H and O–H groups in total. The number of benzene rings is 1. The number of nitrogens with one attached hydrogen (secondary N) is 1. The maximum absolute atomic E-state index is 14.1. The van der Waals surface area contributed by atoms with Crippen LogP contribution >= 0.6 is 11.6 Å². The smallest absolute Gasteiger partial charge is 0.193 e. The van der Waals surface area contributed by atoms with Gasteiger partial charge in [-0.3, -0.25) is 4.99 Å². The van der Waals surface area contributed by atoms with Crippen molar-refractivity contribution < 1.29 is 9.13 Å². The first-order valence-electron chi connectivity index (χ1n) is 9.38. The number of guanidine groups is 1. The highest BCUT2D eigenvalue weighted by Crippen LogP contribution is 2.45. The van der Waals surface area contributed by atoms with Gasteiger partial charge in [-0.1, -0.05) is 17.7 Å². The van der Waals surface area contributed by atoms with E-state index in [9.17, 15) is 4.39 Å². The van der Waals surface area contributed by atoms with Crippen LogP contribution < -0.4 is 5.32 Å². The molecule has 4 nitrogen and oxygen atoms in total. The average Bonchev–Trinajstić information content (AvgIpc) is 3.31. The van der Waals surface area contributed by atoms with Crippen LogP contribution in [0.15, 0.2) is 23.2 Å². The second-order valence-corrected chi connectivity index (χ2v) is 8.60. The number of ether oxygens (including phenoxy) is 1. The van der Waals surface area contributed by atoms with Gasteiger partial charge in [-0.25, -0.2) is 4.39 Å². The molecule has 3 rings (SSSR count). The van der Waals surface area contributed by atoms with Crippen LogP contribution in [-0.4, -0.2) is 48.7 Å².